The Hall–Kier alpha value is -1.25. The van der Waals surface area contributed by atoms with E-state index in [9.17, 15) is 13.2 Å². The highest BCUT2D eigenvalue weighted by molar-refractivity contribution is 7.99. The molecule has 2 heterocycles. The van der Waals surface area contributed by atoms with Crippen LogP contribution in [0.15, 0.2) is 23.4 Å². The predicted molar refractivity (Wildman–Crippen MR) is 110 cm³/mol. The summed E-state index contributed by atoms with van der Waals surface area (Å²) in [5, 5.41) is 1.36. The highest BCUT2D eigenvalue weighted by Gasteiger charge is 2.34. The van der Waals surface area contributed by atoms with E-state index in [1.54, 1.807) is 11.0 Å². The zero-order valence-corrected chi connectivity index (χ0v) is 18.1. The van der Waals surface area contributed by atoms with Crippen LogP contribution in [0.3, 0.4) is 0 Å². The number of aryl methyl sites for hydroxylation is 1. The van der Waals surface area contributed by atoms with Crippen LogP contribution in [0.4, 0.5) is 0 Å². The minimum atomic E-state index is -3.03. The van der Waals surface area contributed by atoms with Gasteiger partial charge in [0.25, 0.3) is 0 Å². The molecule has 1 atom stereocenters. The maximum Gasteiger partial charge on any atom is 0.233 e. The number of nitrogens with zero attached hydrogens (tertiary/aromatic N) is 3. The minimum Gasteiger partial charge on any atom is -0.338 e. The fraction of sp³-hybridized carbons (Fsp3) is 0.556. The van der Waals surface area contributed by atoms with Crippen molar-refractivity contribution in [2.75, 3.05) is 23.8 Å². The number of hydrogen-bond donors (Lipinski definition) is 0. The Morgan fingerprint density at radius 3 is 2.81 bits per heavy atom. The van der Waals surface area contributed by atoms with Crippen molar-refractivity contribution in [2.24, 2.45) is 13.0 Å². The summed E-state index contributed by atoms with van der Waals surface area (Å²) >= 11 is 7.40. The summed E-state index contributed by atoms with van der Waals surface area (Å²) in [5.74, 6) is 0.703. The molecule has 27 heavy (non-hydrogen) atoms. The Balaban J connectivity index is 1.73. The lowest BCUT2D eigenvalue weighted by atomic mass is 10.1. The predicted octanol–water partition coefficient (Wildman–Crippen LogP) is 2.99. The van der Waals surface area contributed by atoms with Crippen LogP contribution in [0.5, 0.6) is 0 Å². The van der Waals surface area contributed by atoms with Crippen molar-refractivity contribution in [1.29, 1.82) is 0 Å². The van der Waals surface area contributed by atoms with Gasteiger partial charge < -0.3 is 9.47 Å². The maximum absolute atomic E-state index is 12.9. The number of fused-ring (bicyclic) bond motifs is 1. The molecule has 1 aliphatic rings. The number of amides is 1. The van der Waals surface area contributed by atoms with Gasteiger partial charge in [-0.15, -0.1) is 0 Å². The van der Waals surface area contributed by atoms with E-state index in [-0.39, 0.29) is 35.1 Å². The first-order chi connectivity index (χ1) is 12.7. The first-order valence-electron chi connectivity index (χ1n) is 8.91. The fourth-order valence-corrected chi connectivity index (χ4v) is 6.13. The van der Waals surface area contributed by atoms with Gasteiger partial charge in [-0.1, -0.05) is 37.2 Å². The average molecular weight is 430 g/mol. The molecule has 1 saturated heterocycles. The SMILES string of the molecule is CC(C)CN(C(=O)CSc1nc2cc(Cl)ccc2n1C)[C@@H]1CCS(=O)(=O)C1. The Bertz CT molecular complexity index is 956. The Morgan fingerprint density at radius 1 is 1.44 bits per heavy atom. The van der Waals surface area contributed by atoms with E-state index in [0.29, 0.717) is 18.0 Å². The van der Waals surface area contributed by atoms with E-state index < -0.39 is 9.84 Å². The number of sulfone groups is 1. The van der Waals surface area contributed by atoms with E-state index in [0.717, 1.165) is 16.2 Å². The van der Waals surface area contributed by atoms with Gasteiger partial charge in [-0.2, -0.15) is 0 Å². The molecule has 0 unspecified atom stereocenters. The van der Waals surface area contributed by atoms with E-state index in [1.165, 1.54) is 11.8 Å². The highest BCUT2D eigenvalue weighted by atomic mass is 35.5. The molecule has 0 aliphatic carbocycles. The Labute approximate surface area is 169 Å². The lowest BCUT2D eigenvalue weighted by Gasteiger charge is -2.29. The molecule has 1 aromatic carbocycles. The minimum absolute atomic E-state index is 0.0408. The highest BCUT2D eigenvalue weighted by Crippen LogP contribution is 2.26. The zero-order chi connectivity index (χ0) is 19.8. The molecule has 6 nitrogen and oxygen atoms in total. The molecule has 0 spiro atoms. The molecule has 2 aromatic rings. The van der Waals surface area contributed by atoms with Gasteiger partial charge in [0.1, 0.15) is 0 Å². The van der Waals surface area contributed by atoms with Crippen LogP contribution in [0.1, 0.15) is 20.3 Å². The van der Waals surface area contributed by atoms with Gasteiger partial charge in [-0.25, -0.2) is 13.4 Å². The van der Waals surface area contributed by atoms with Gasteiger partial charge in [0, 0.05) is 24.7 Å². The van der Waals surface area contributed by atoms with Crippen LogP contribution in [-0.2, 0) is 21.7 Å². The zero-order valence-electron chi connectivity index (χ0n) is 15.7. The number of carbonyl (C=O) groups excluding carboxylic acids is 1. The summed E-state index contributed by atoms with van der Waals surface area (Å²) < 4.78 is 25.6. The number of benzene rings is 1. The second-order valence-corrected chi connectivity index (χ2v) is 11.0. The molecule has 148 valence electrons. The third-order valence-electron chi connectivity index (χ3n) is 4.66. The van der Waals surface area contributed by atoms with Crippen molar-refractivity contribution < 1.29 is 13.2 Å². The molecule has 1 aliphatic heterocycles. The molecule has 1 aromatic heterocycles. The Kier molecular flexibility index (Phi) is 6.08. The summed E-state index contributed by atoms with van der Waals surface area (Å²) in [5.41, 5.74) is 1.75. The van der Waals surface area contributed by atoms with Crippen molar-refractivity contribution in [3.8, 4) is 0 Å². The van der Waals surface area contributed by atoms with E-state index >= 15 is 0 Å². The van der Waals surface area contributed by atoms with Crippen molar-refractivity contribution in [3.63, 3.8) is 0 Å². The summed E-state index contributed by atoms with van der Waals surface area (Å²) in [6.45, 7) is 4.63. The van der Waals surface area contributed by atoms with Gasteiger partial charge in [0.2, 0.25) is 5.91 Å². The van der Waals surface area contributed by atoms with E-state index in [1.807, 2.05) is 37.6 Å². The third-order valence-corrected chi connectivity index (χ3v) is 7.66. The monoisotopic (exact) mass is 429 g/mol. The van der Waals surface area contributed by atoms with Crippen molar-refractivity contribution in [2.45, 2.75) is 31.5 Å². The number of hydrogen-bond acceptors (Lipinski definition) is 5. The standard InChI is InChI=1S/C18H24ClN3O3S2/c1-12(2)9-22(14-6-7-27(24,25)11-14)17(23)10-26-18-20-15-8-13(19)4-5-16(15)21(18)3/h4-5,8,12,14H,6-7,9-11H2,1-3H3/t14-/m1/s1. The molecule has 3 rings (SSSR count). The maximum atomic E-state index is 12.9. The smallest absolute Gasteiger partial charge is 0.233 e. The molecule has 1 fully saturated rings. The first-order valence-corrected chi connectivity index (χ1v) is 12.1. The van der Waals surface area contributed by atoms with Gasteiger partial charge >= 0.3 is 0 Å². The van der Waals surface area contributed by atoms with Gasteiger partial charge in [-0.3, -0.25) is 4.79 Å². The average Bonchev–Trinajstić information content (AvgIpc) is 3.09. The largest absolute Gasteiger partial charge is 0.338 e. The lowest BCUT2D eigenvalue weighted by Crippen LogP contribution is -2.44. The van der Waals surface area contributed by atoms with Crippen LogP contribution in [0.25, 0.3) is 11.0 Å². The molecule has 0 bridgehead atoms. The van der Waals surface area contributed by atoms with Crippen molar-refractivity contribution >= 4 is 50.1 Å². The fourth-order valence-electron chi connectivity index (χ4n) is 3.36. The molecular formula is C18H24ClN3O3S2. The summed E-state index contributed by atoms with van der Waals surface area (Å²) in [6, 6.07) is 5.31. The summed E-state index contributed by atoms with van der Waals surface area (Å²) in [7, 11) is -1.13. The van der Waals surface area contributed by atoms with Crippen LogP contribution in [0.2, 0.25) is 5.02 Å². The van der Waals surface area contributed by atoms with Gasteiger partial charge in [0.05, 0.1) is 28.3 Å². The van der Waals surface area contributed by atoms with Crippen LogP contribution in [-0.4, -0.2) is 58.6 Å². The Morgan fingerprint density at radius 2 is 2.19 bits per heavy atom. The summed E-state index contributed by atoms with van der Waals surface area (Å²) in [4.78, 5) is 19.2. The van der Waals surface area contributed by atoms with Gasteiger partial charge in [0.15, 0.2) is 15.0 Å². The van der Waals surface area contributed by atoms with Crippen molar-refractivity contribution in [3.05, 3.63) is 23.2 Å². The molecule has 1 amide bonds. The quantitative estimate of drug-likeness (QED) is 0.660. The number of rotatable bonds is 6. The molecular weight excluding hydrogens is 406 g/mol. The number of carbonyl (C=O) groups is 1. The number of imidazole rings is 1. The van der Waals surface area contributed by atoms with E-state index in [2.05, 4.69) is 4.98 Å². The van der Waals surface area contributed by atoms with E-state index in [4.69, 9.17) is 11.6 Å². The molecule has 0 saturated carbocycles. The van der Waals surface area contributed by atoms with Crippen LogP contribution >= 0.6 is 23.4 Å². The molecule has 0 N–H and O–H groups in total. The lowest BCUT2D eigenvalue weighted by molar-refractivity contribution is -0.130. The number of aromatic nitrogens is 2. The number of thioether (sulfide) groups is 1. The number of halogens is 1. The first kappa shape index (κ1) is 20.5. The second-order valence-electron chi connectivity index (χ2n) is 7.37. The normalized spacial score (nSPS) is 19.1. The molecule has 0 radical (unpaired) electrons. The van der Waals surface area contributed by atoms with Crippen molar-refractivity contribution in [1.82, 2.24) is 14.5 Å². The van der Waals surface area contributed by atoms with Gasteiger partial charge in [-0.05, 0) is 30.5 Å². The second kappa shape index (κ2) is 8.01. The molecule has 9 heteroatoms. The van der Waals surface area contributed by atoms with Crippen LogP contribution in [0, 0.1) is 5.92 Å². The third kappa shape index (κ3) is 4.78. The summed E-state index contributed by atoms with van der Waals surface area (Å²) in [6.07, 6.45) is 0.524. The van der Waals surface area contributed by atoms with Crippen LogP contribution < -0.4 is 0 Å². The topological polar surface area (TPSA) is 72.3 Å².